The molecule has 0 saturated carbocycles. The van der Waals surface area contributed by atoms with Crippen LogP contribution >= 0.6 is 0 Å². The zero-order valence-electron chi connectivity index (χ0n) is 12.7. The number of carbonyl (C=O) groups is 1. The van der Waals surface area contributed by atoms with E-state index in [1.807, 2.05) is 6.07 Å². The Morgan fingerprint density at radius 2 is 2.00 bits per heavy atom. The van der Waals surface area contributed by atoms with Gasteiger partial charge in [-0.25, -0.2) is 0 Å². The number of benzene rings is 1. The lowest BCUT2D eigenvalue weighted by Gasteiger charge is -2.23. The first kappa shape index (κ1) is 17.0. The Balaban J connectivity index is 2.43. The summed E-state index contributed by atoms with van der Waals surface area (Å²) in [7, 11) is 0. The van der Waals surface area contributed by atoms with Gasteiger partial charge in [0, 0.05) is 12.1 Å². The summed E-state index contributed by atoms with van der Waals surface area (Å²) in [6, 6.07) is 8.88. The fourth-order valence-corrected chi connectivity index (χ4v) is 1.94. The van der Waals surface area contributed by atoms with Crippen molar-refractivity contribution in [1.82, 2.24) is 0 Å². The number of nitrogens with two attached hydrogens (primary N) is 1. The SMILES string of the molecule is CC(C)(CCN)CCC(=O)Nc1ccc(OCC#N)cc1. The first-order valence-electron chi connectivity index (χ1n) is 7.06. The van der Waals surface area contributed by atoms with E-state index in [-0.39, 0.29) is 17.9 Å². The molecule has 0 saturated heterocycles. The second-order valence-electron chi connectivity index (χ2n) is 5.72. The molecule has 0 aromatic heterocycles. The summed E-state index contributed by atoms with van der Waals surface area (Å²) in [5.41, 5.74) is 6.37. The quantitative estimate of drug-likeness (QED) is 0.770. The second-order valence-corrected chi connectivity index (χ2v) is 5.72. The predicted molar refractivity (Wildman–Crippen MR) is 82.9 cm³/mol. The fourth-order valence-electron chi connectivity index (χ4n) is 1.94. The molecule has 114 valence electrons. The van der Waals surface area contributed by atoms with Crippen molar-refractivity contribution in [2.45, 2.75) is 33.1 Å². The van der Waals surface area contributed by atoms with Crippen LogP contribution in [0, 0.1) is 16.7 Å². The molecule has 1 aromatic rings. The maximum Gasteiger partial charge on any atom is 0.224 e. The molecule has 0 fully saturated rings. The van der Waals surface area contributed by atoms with Gasteiger partial charge in [-0.05, 0) is 49.1 Å². The van der Waals surface area contributed by atoms with Gasteiger partial charge in [0.25, 0.3) is 0 Å². The van der Waals surface area contributed by atoms with Gasteiger partial charge < -0.3 is 15.8 Å². The highest BCUT2D eigenvalue weighted by molar-refractivity contribution is 5.90. The number of amides is 1. The van der Waals surface area contributed by atoms with Crippen LogP contribution in [0.1, 0.15) is 33.1 Å². The number of carbonyl (C=O) groups excluding carboxylic acids is 1. The Kier molecular flexibility index (Phi) is 6.70. The molecule has 0 atom stereocenters. The molecule has 1 aromatic carbocycles. The third-order valence-corrected chi connectivity index (χ3v) is 3.29. The van der Waals surface area contributed by atoms with E-state index in [0.29, 0.717) is 18.7 Å². The van der Waals surface area contributed by atoms with Crippen molar-refractivity contribution in [1.29, 1.82) is 5.26 Å². The summed E-state index contributed by atoms with van der Waals surface area (Å²) < 4.78 is 5.15. The highest BCUT2D eigenvalue weighted by Gasteiger charge is 2.18. The van der Waals surface area contributed by atoms with Crippen molar-refractivity contribution in [3.05, 3.63) is 24.3 Å². The lowest BCUT2D eigenvalue weighted by molar-refractivity contribution is -0.116. The van der Waals surface area contributed by atoms with Gasteiger partial charge in [-0.3, -0.25) is 4.79 Å². The van der Waals surface area contributed by atoms with E-state index < -0.39 is 0 Å². The van der Waals surface area contributed by atoms with Gasteiger partial charge in [0.1, 0.15) is 11.8 Å². The van der Waals surface area contributed by atoms with Gasteiger partial charge in [0.05, 0.1) is 0 Å². The first-order valence-corrected chi connectivity index (χ1v) is 7.06. The lowest BCUT2D eigenvalue weighted by Crippen LogP contribution is -2.20. The van der Waals surface area contributed by atoms with Gasteiger partial charge in [0.2, 0.25) is 5.91 Å². The van der Waals surface area contributed by atoms with Gasteiger partial charge in [-0.1, -0.05) is 13.8 Å². The summed E-state index contributed by atoms with van der Waals surface area (Å²) in [6.45, 7) is 4.89. The molecule has 21 heavy (non-hydrogen) atoms. The molecule has 0 aliphatic carbocycles. The van der Waals surface area contributed by atoms with Crippen LogP contribution in [0.5, 0.6) is 5.75 Å². The fraction of sp³-hybridized carbons (Fsp3) is 0.500. The van der Waals surface area contributed by atoms with E-state index in [0.717, 1.165) is 18.5 Å². The molecule has 0 aliphatic rings. The summed E-state index contributed by atoms with van der Waals surface area (Å²) in [4.78, 5) is 11.9. The Bertz CT molecular complexity index is 489. The number of hydrogen-bond donors (Lipinski definition) is 2. The topological polar surface area (TPSA) is 88.1 Å². The monoisotopic (exact) mass is 289 g/mol. The summed E-state index contributed by atoms with van der Waals surface area (Å²) >= 11 is 0. The molecule has 0 bridgehead atoms. The van der Waals surface area contributed by atoms with E-state index in [9.17, 15) is 4.79 Å². The van der Waals surface area contributed by atoms with Crippen molar-refractivity contribution in [3.8, 4) is 11.8 Å². The van der Waals surface area contributed by atoms with Crippen LogP contribution in [0.3, 0.4) is 0 Å². The molecule has 5 heteroatoms. The van der Waals surface area contributed by atoms with E-state index in [1.165, 1.54) is 0 Å². The van der Waals surface area contributed by atoms with Gasteiger partial charge in [-0.15, -0.1) is 0 Å². The van der Waals surface area contributed by atoms with Crippen molar-refractivity contribution >= 4 is 11.6 Å². The minimum Gasteiger partial charge on any atom is -0.479 e. The highest BCUT2D eigenvalue weighted by atomic mass is 16.5. The smallest absolute Gasteiger partial charge is 0.224 e. The molecule has 0 radical (unpaired) electrons. The largest absolute Gasteiger partial charge is 0.479 e. The number of nitriles is 1. The number of rotatable bonds is 8. The minimum atomic E-state index is -0.00853. The van der Waals surface area contributed by atoms with Crippen LogP contribution < -0.4 is 15.8 Å². The molecular formula is C16H23N3O2. The zero-order valence-corrected chi connectivity index (χ0v) is 12.7. The zero-order chi connectivity index (χ0) is 15.7. The van der Waals surface area contributed by atoms with E-state index in [2.05, 4.69) is 19.2 Å². The number of nitrogens with one attached hydrogen (secondary N) is 1. The van der Waals surface area contributed by atoms with Crippen molar-refractivity contribution in [3.63, 3.8) is 0 Å². The summed E-state index contributed by atoms with van der Waals surface area (Å²) in [5.74, 6) is 0.601. The molecule has 0 heterocycles. The Labute approximate surface area is 126 Å². The maximum atomic E-state index is 11.9. The molecule has 0 unspecified atom stereocenters. The third kappa shape index (κ3) is 6.77. The Morgan fingerprint density at radius 3 is 2.57 bits per heavy atom. The minimum absolute atomic E-state index is 0.00853. The van der Waals surface area contributed by atoms with E-state index in [1.54, 1.807) is 24.3 Å². The van der Waals surface area contributed by atoms with Crippen LogP contribution in [-0.2, 0) is 4.79 Å². The van der Waals surface area contributed by atoms with Crippen LogP contribution in [0.25, 0.3) is 0 Å². The molecule has 1 rings (SSSR count). The normalized spacial score (nSPS) is 10.8. The Morgan fingerprint density at radius 1 is 1.33 bits per heavy atom. The van der Waals surface area contributed by atoms with Crippen LogP contribution in [0.4, 0.5) is 5.69 Å². The van der Waals surface area contributed by atoms with Crippen molar-refractivity contribution < 1.29 is 9.53 Å². The van der Waals surface area contributed by atoms with Gasteiger partial charge in [-0.2, -0.15) is 5.26 Å². The van der Waals surface area contributed by atoms with E-state index >= 15 is 0 Å². The highest BCUT2D eigenvalue weighted by Crippen LogP contribution is 2.26. The Hall–Kier alpha value is -2.06. The number of hydrogen-bond acceptors (Lipinski definition) is 4. The molecule has 5 nitrogen and oxygen atoms in total. The number of anilines is 1. The predicted octanol–water partition coefficient (Wildman–Crippen LogP) is 2.68. The van der Waals surface area contributed by atoms with Crippen LogP contribution in [-0.4, -0.2) is 19.1 Å². The average molecular weight is 289 g/mol. The molecule has 0 aliphatic heterocycles. The van der Waals surface area contributed by atoms with Crippen molar-refractivity contribution in [2.75, 3.05) is 18.5 Å². The van der Waals surface area contributed by atoms with E-state index in [4.69, 9.17) is 15.7 Å². The van der Waals surface area contributed by atoms with Crippen LogP contribution in [0.15, 0.2) is 24.3 Å². The lowest BCUT2D eigenvalue weighted by atomic mass is 9.84. The summed E-state index contributed by atoms with van der Waals surface area (Å²) in [5, 5.41) is 11.3. The van der Waals surface area contributed by atoms with Crippen LogP contribution in [0.2, 0.25) is 0 Å². The van der Waals surface area contributed by atoms with Gasteiger partial charge in [0.15, 0.2) is 6.61 Å². The third-order valence-electron chi connectivity index (χ3n) is 3.29. The average Bonchev–Trinajstić information content (AvgIpc) is 2.44. The standard InChI is InChI=1S/C16H23N3O2/c1-16(2,9-10-17)8-7-15(20)19-13-3-5-14(6-4-13)21-12-11-18/h3-6H,7-10,12,17H2,1-2H3,(H,19,20). The molecule has 1 amide bonds. The number of nitrogens with zero attached hydrogens (tertiary/aromatic N) is 1. The first-order chi connectivity index (χ1) is 9.96. The maximum absolute atomic E-state index is 11.9. The number of ether oxygens (including phenoxy) is 1. The molecule has 0 spiro atoms. The second kappa shape index (κ2) is 8.28. The van der Waals surface area contributed by atoms with Crippen molar-refractivity contribution in [2.24, 2.45) is 11.1 Å². The van der Waals surface area contributed by atoms with Gasteiger partial charge >= 0.3 is 0 Å². The molecule has 3 N–H and O–H groups in total. The molecular weight excluding hydrogens is 266 g/mol. The summed E-state index contributed by atoms with van der Waals surface area (Å²) in [6.07, 6.45) is 2.18.